The molecule has 3 heterocycles. The van der Waals surface area contributed by atoms with E-state index in [9.17, 15) is 13.2 Å². The first kappa shape index (κ1) is 24.0. The van der Waals surface area contributed by atoms with Crippen LogP contribution in [0.2, 0.25) is 0 Å². The van der Waals surface area contributed by atoms with Crippen LogP contribution in [0.1, 0.15) is 32.0 Å². The number of nitrogens with one attached hydrogen (secondary N) is 1. The molecule has 1 aromatic heterocycles. The lowest BCUT2D eigenvalue weighted by Gasteiger charge is -2.26. The van der Waals surface area contributed by atoms with Crippen LogP contribution in [0.25, 0.3) is 0 Å². The van der Waals surface area contributed by atoms with Crippen LogP contribution in [-0.4, -0.2) is 72.1 Å². The largest absolute Gasteiger partial charge is 0.492 e. The molecular formula is C21H29N5O5S2. The molecule has 1 saturated heterocycles. The molecular weight excluding hydrogens is 466 g/mol. The number of carbonyl (C=O) groups is 1. The van der Waals surface area contributed by atoms with Crippen molar-refractivity contribution in [3.05, 3.63) is 24.0 Å². The summed E-state index contributed by atoms with van der Waals surface area (Å²) in [5, 5.41) is 12.0. The van der Waals surface area contributed by atoms with Gasteiger partial charge in [-0.1, -0.05) is 18.2 Å². The highest BCUT2D eigenvalue weighted by molar-refractivity contribution is 7.99. The van der Waals surface area contributed by atoms with Gasteiger partial charge >= 0.3 is 0 Å². The molecule has 12 heteroatoms. The number of morpholine rings is 1. The summed E-state index contributed by atoms with van der Waals surface area (Å²) in [6, 6.07) is 4.55. The maximum absolute atomic E-state index is 13.0. The minimum Gasteiger partial charge on any atom is -0.492 e. The zero-order valence-corrected chi connectivity index (χ0v) is 20.3. The van der Waals surface area contributed by atoms with E-state index in [2.05, 4.69) is 20.1 Å². The second kappa shape index (κ2) is 10.9. The van der Waals surface area contributed by atoms with Gasteiger partial charge in [-0.2, -0.15) is 4.31 Å². The summed E-state index contributed by atoms with van der Waals surface area (Å²) in [6.07, 6.45) is 4.25. The van der Waals surface area contributed by atoms with E-state index in [-0.39, 0.29) is 16.6 Å². The van der Waals surface area contributed by atoms with Gasteiger partial charge in [0.15, 0.2) is 5.16 Å². The molecule has 0 spiro atoms. The zero-order valence-electron chi connectivity index (χ0n) is 18.7. The number of rotatable bonds is 8. The molecule has 2 aliphatic rings. The standard InChI is InChI=1S/C21H29N5O5S2/c1-2-31-18-8-7-16(33(28,29)25-10-12-30-13-11-25)14-17(18)22-20(27)15-32-21-24-23-19-6-4-3-5-9-26(19)21/h7-8,14H,2-6,9-13,15H2,1H3,(H,22,27). The highest BCUT2D eigenvalue weighted by atomic mass is 32.2. The highest BCUT2D eigenvalue weighted by Crippen LogP contribution is 2.30. The number of anilines is 1. The maximum atomic E-state index is 13.0. The molecule has 10 nitrogen and oxygen atoms in total. The molecule has 0 atom stereocenters. The second-order valence-corrected chi connectivity index (χ2v) is 10.7. The fraction of sp³-hybridized carbons (Fsp3) is 0.571. The van der Waals surface area contributed by atoms with Crippen LogP contribution in [0.5, 0.6) is 5.75 Å². The van der Waals surface area contributed by atoms with Gasteiger partial charge in [-0.25, -0.2) is 8.42 Å². The molecule has 1 amide bonds. The van der Waals surface area contributed by atoms with E-state index in [4.69, 9.17) is 9.47 Å². The van der Waals surface area contributed by atoms with Crippen molar-refractivity contribution in [1.29, 1.82) is 0 Å². The Balaban J connectivity index is 1.47. The number of sulfonamides is 1. The Bertz CT molecular complexity index is 1080. The van der Waals surface area contributed by atoms with Gasteiger partial charge in [0.25, 0.3) is 0 Å². The minimum atomic E-state index is -3.69. The van der Waals surface area contributed by atoms with Crippen molar-refractivity contribution in [3.63, 3.8) is 0 Å². The Morgan fingerprint density at radius 1 is 1.18 bits per heavy atom. The van der Waals surface area contributed by atoms with E-state index in [0.717, 1.165) is 43.2 Å². The first-order valence-corrected chi connectivity index (χ1v) is 13.6. The molecule has 0 aliphatic carbocycles. The first-order valence-electron chi connectivity index (χ1n) is 11.2. The van der Waals surface area contributed by atoms with Gasteiger partial charge in [0.1, 0.15) is 11.6 Å². The molecule has 180 valence electrons. The molecule has 1 fully saturated rings. The Morgan fingerprint density at radius 2 is 2.00 bits per heavy atom. The van der Waals surface area contributed by atoms with Crippen molar-refractivity contribution in [2.75, 3.05) is 44.0 Å². The van der Waals surface area contributed by atoms with E-state index in [1.807, 2.05) is 6.92 Å². The molecule has 4 rings (SSSR count). The second-order valence-electron chi connectivity index (χ2n) is 7.81. The number of amides is 1. The normalized spacial score (nSPS) is 17.2. The quantitative estimate of drug-likeness (QED) is 0.554. The molecule has 2 aromatic rings. The van der Waals surface area contributed by atoms with Crippen molar-refractivity contribution in [1.82, 2.24) is 19.1 Å². The van der Waals surface area contributed by atoms with Crippen LogP contribution in [-0.2, 0) is 32.5 Å². The van der Waals surface area contributed by atoms with Crippen molar-refractivity contribution in [3.8, 4) is 5.75 Å². The first-order chi connectivity index (χ1) is 16.0. The molecule has 0 radical (unpaired) electrons. The Labute approximate surface area is 198 Å². The number of carbonyl (C=O) groups excluding carboxylic acids is 1. The summed E-state index contributed by atoms with van der Waals surface area (Å²) in [4.78, 5) is 12.9. The summed E-state index contributed by atoms with van der Waals surface area (Å²) >= 11 is 1.33. The molecule has 2 aliphatic heterocycles. The summed E-state index contributed by atoms with van der Waals surface area (Å²) < 4.78 is 40.4. The Morgan fingerprint density at radius 3 is 2.79 bits per heavy atom. The van der Waals surface area contributed by atoms with Crippen molar-refractivity contribution in [2.24, 2.45) is 0 Å². The monoisotopic (exact) mass is 495 g/mol. The molecule has 1 N–H and O–H groups in total. The van der Waals surface area contributed by atoms with Crippen LogP contribution in [0.15, 0.2) is 28.3 Å². The van der Waals surface area contributed by atoms with Gasteiger partial charge in [-0.3, -0.25) is 4.79 Å². The van der Waals surface area contributed by atoms with Crippen LogP contribution < -0.4 is 10.1 Å². The highest BCUT2D eigenvalue weighted by Gasteiger charge is 2.27. The SMILES string of the molecule is CCOc1ccc(S(=O)(=O)N2CCOCC2)cc1NC(=O)CSc1nnc2n1CCCCC2. The number of thioether (sulfide) groups is 1. The maximum Gasteiger partial charge on any atom is 0.243 e. The van der Waals surface area contributed by atoms with Gasteiger partial charge in [0.2, 0.25) is 15.9 Å². The van der Waals surface area contributed by atoms with Gasteiger partial charge in [-0.15, -0.1) is 10.2 Å². The minimum absolute atomic E-state index is 0.110. The van der Waals surface area contributed by atoms with Crippen LogP contribution in [0.3, 0.4) is 0 Å². The molecule has 0 unspecified atom stereocenters. The average molecular weight is 496 g/mol. The predicted octanol–water partition coefficient (Wildman–Crippen LogP) is 2.15. The lowest BCUT2D eigenvalue weighted by molar-refractivity contribution is -0.113. The number of ether oxygens (including phenoxy) is 2. The van der Waals surface area contributed by atoms with E-state index >= 15 is 0 Å². The molecule has 0 bridgehead atoms. The summed E-state index contributed by atoms with van der Waals surface area (Å²) in [7, 11) is -3.69. The van der Waals surface area contributed by atoms with Gasteiger partial charge < -0.3 is 19.4 Å². The van der Waals surface area contributed by atoms with Gasteiger partial charge in [0, 0.05) is 26.1 Å². The number of aryl methyl sites for hydroxylation is 1. The van der Waals surface area contributed by atoms with Crippen molar-refractivity contribution < 1.29 is 22.7 Å². The van der Waals surface area contributed by atoms with E-state index in [1.54, 1.807) is 6.07 Å². The lowest BCUT2D eigenvalue weighted by atomic mass is 10.2. The number of hydrogen-bond acceptors (Lipinski definition) is 8. The molecule has 1 aromatic carbocycles. The van der Waals surface area contributed by atoms with Gasteiger partial charge in [-0.05, 0) is 38.0 Å². The number of aromatic nitrogens is 3. The van der Waals surface area contributed by atoms with E-state index < -0.39 is 10.0 Å². The van der Waals surface area contributed by atoms with E-state index in [1.165, 1.54) is 28.2 Å². The number of nitrogens with zero attached hydrogens (tertiary/aromatic N) is 4. The number of fused-ring (bicyclic) bond motifs is 1. The molecule has 0 saturated carbocycles. The average Bonchev–Trinajstić information content (AvgIpc) is 3.05. The summed E-state index contributed by atoms with van der Waals surface area (Å²) in [5.41, 5.74) is 0.330. The summed E-state index contributed by atoms with van der Waals surface area (Å²) in [5.74, 6) is 1.25. The third-order valence-electron chi connectivity index (χ3n) is 5.54. The van der Waals surface area contributed by atoms with Crippen molar-refractivity contribution in [2.45, 2.75) is 49.2 Å². The fourth-order valence-electron chi connectivity index (χ4n) is 3.87. The Hall–Kier alpha value is -2.15. The number of hydrogen-bond donors (Lipinski definition) is 1. The van der Waals surface area contributed by atoms with Gasteiger partial charge in [0.05, 0.1) is 36.2 Å². The number of benzene rings is 1. The van der Waals surface area contributed by atoms with Crippen LogP contribution in [0.4, 0.5) is 5.69 Å². The van der Waals surface area contributed by atoms with Crippen molar-refractivity contribution >= 4 is 33.4 Å². The predicted molar refractivity (Wildman–Crippen MR) is 124 cm³/mol. The Kier molecular flexibility index (Phi) is 7.89. The third-order valence-corrected chi connectivity index (χ3v) is 8.40. The third kappa shape index (κ3) is 5.68. The molecule has 33 heavy (non-hydrogen) atoms. The fourth-order valence-corrected chi connectivity index (χ4v) is 6.08. The van der Waals surface area contributed by atoms with Crippen LogP contribution >= 0.6 is 11.8 Å². The van der Waals surface area contributed by atoms with E-state index in [0.29, 0.717) is 44.3 Å². The smallest absolute Gasteiger partial charge is 0.243 e. The lowest BCUT2D eigenvalue weighted by Crippen LogP contribution is -2.40. The topological polar surface area (TPSA) is 116 Å². The summed E-state index contributed by atoms with van der Waals surface area (Å²) in [6.45, 7) is 4.41. The zero-order chi connectivity index (χ0) is 23.3. The van der Waals surface area contributed by atoms with Crippen LogP contribution in [0, 0.1) is 0 Å².